The first-order valence-electron chi connectivity index (χ1n) is 5.33. The molecule has 1 aromatic rings. The molecule has 0 unspecified atom stereocenters. The summed E-state index contributed by atoms with van der Waals surface area (Å²) in [4.78, 5) is 7.75. The molecular formula is C10H17ClN4O. The summed E-state index contributed by atoms with van der Waals surface area (Å²) >= 11 is 5.75. The molecule has 1 rings (SSSR count). The van der Waals surface area contributed by atoms with Crippen molar-refractivity contribution in [3.8, 4) is 0 Å². The predicted octanol–water partition coefficient (Wildman–Crippen LogP) is 1.94. The van der Waals surface area contributed by atoms with Gasteiger partial charge >= 0.3 is 0 Å². The van der Waals surface area contributed by atoms with Crippen molar-refractivity contribution in [3.63, 3.8) is 0 Å². The molecule has 0 aliphatic carbocycles. The molecule has 0 spiro atoms. The zero-order chi connectivity index (χ0) is 11.8. The Morgan fingerprint density at radius 3 is 3.00 bits per heavy atom. The number of nitrogens with one attached hydrogen (secondary N) is 1. The van der Waals surface area contributed by atoms with Crippen molar-refractivity contribution in [2.24, 2.45) is 0 Å². The van der Waals surface area contributed by atoms with Gasteiger partial charge in [-0.15, -0.1) is 0 Å². The van der Waals surface area contributed by atoms with E-state index in [0.717, 1.165) is 19.4 Å². The quantitative estimate of drug-likeness (QED) is 0.567. The summed E-state index contributed by atoms with van der Waals surface area (Å²) in [6, 6.07) is 0. The fraction of sp³-hybridized carbons (Fsp3) is 0.600. The summed E-state index contributed by atoms with van der Waals surface area (Å²) in [5, 5.41) is 3.31. The summed E-state index contributed by atoms with van der Waals surface area (Å²) in [5.74, 6) is 0.555. The van der Waals surface area contributed by atoms with Gasteiger partial charge in [0.05, 0.1) is 6.61 Å². The minimum atomic E-state index is 0.268. The molecule has 0 aromatic carbocycles. The van der Waals surface area contributed by atoms with Gasteiger partial charge in [0.25, 0.3) is 0 Å². The van der Waals surface area contributed by atoms with Crippen LogP contribution in [-0.2, 0) is 4.74 Å². The van der Waals surface area contributed by atoms with Gasteiger partial charge in [-0.3, -0.25) is 0 Å². The van der Waals surface area contributed by atoms with Crippen molar-refractivity contribution in [1.29, 1.82) is 0 Å². The molecule has 0 amide bonds. The Kier molecular flexibility index (Phi) is 5.88. The predicted molar refractivity (Wildman–Crippen MR) is 65.7 cm³/mol. The van der Waals surface area contributed by atoms with Crippen LogP contribution in [0.25, 0.3) is 0 Å². The lowest BCUT2D eigenvalue weighted by Gasteiger charge is -2.08. The number of hydrogen-bond donors (Lipinski definition) is 2. The van der Waals surface area contributed by atoms with Crippen LogP contribution >= 0.6 is 11.6 Å². The number of rotatable bonds is 7. The first-order valence-corrected chi connectivity index (χ1v) is 5.71. The largest absolute Gasteiger partial charge is 0.393 e. The van der Waals surface area contributed by atoms with Gasteiger partial charge in [-0.05, 0) is 6.42 Å². The SMILES string of the molecule is CCCCOCCNc1ncnc(Cl)c1N. The number of ether oxygens (including phenoxy) is 1. The van der Waals surface area contributed by atoms with Gasteiger partial charge in [0, 0.05) is 13.2 Å². The first kappa shape index (κ1) is 13.0. The molecular weight excluding hydrogens is 228 g/mol. The smallest absolute Gasteiger partial charge is 0.157 e. The number of nitrogens with two attached hydrogens (primary N) is 1. The standard InChI is InChI=1S/C10H17ClN4O/c1-2-3-5-16-6-4-13-10-8(12)9(11)14-7-15-10/h7H,2-6,12H2,1H3,(H,13,14,15). The molecule has 16 heavy (non-hydrogen) atoms. The number of unbranched alkanes of at least 4 members (excludes halogenated alkanes) is 1. The highest BCUT2D eigenvalue weighted by Gasteiger charge is 2.04. The number of anilines is 2. The van der Waals surface area contributed by atoms with E-state index in [1.54, 1.807) is 0 Å². The monoisotopic (exact) mass is 244 g/mol. The van der Waals surface area contributed by atoms with Crippen LogP contribution in [0.15, 0.2) is 6.33 Å². The zero-order valence-electron chi connectivity index (χ0n) is 9.37. The zero-order valence-corrected chi connectivity index (χ0v) is 10.1. The van der Waals surface area contributed by atoms with Crippen molar-refractivity contribution in [2.75, 3.05) is 30.8 Å². The number of hydrogen-bond acceptors (Lipinski definition) is 5. The molecule has 1 aromatic heterocycles. The van der Waals surface area contributed by atoms with Crippen molar-refractivity contribution in [2.45, 2.75) is 19.8 Å². The molecule has 0 saturated heterocycles. The Morgan fingerprint density at radius 1 is 1.44 bits per heavy atom. The Hall–Kier alpha value is -1.07. The van der Waals surface area contributed by atoms with E-state index in [0.29, 0.717) is 24.7 Å². The molecule has 3 N–H and O–H groups in total. The van der Waals surface area contributed by atoms with Gasteiger partial charge in [0.2, 0.25) is 0 Å². The van der Waals surface area contributed by atoms with Crippen LogP contribution in [0, 0.1) is 0 Å². The normalized spacial score (nSPS) is 10.4. The first-order chi connectivity index (χ1) is 7.75. The van der Waals surface area contributed by atoms with Crippen LogP contribution in [0.4, 0.5) is 11.5 Å². The third kappa shape index (κ3) is 4.20. The van der Waals surface area contributed by atoms with Gasteiger partial charge in [0.15, 0.2) is 11.0 Å². The molecule has 5 nitrogen and oxygen atoms in total. The average Bonchev–Trinajstić information content (AvgIpc) is 2.29. The maximum absolute atomic E-state index is 5.75. The third-order valence-electron chi connectivity index (χ3n) is 2.02. The Balaban J connectivity index is 2.24. The number of nitrogens with zero attached hydrogens (tertiary/aromatic N) is 2. The Bertz CT molecular complexity index is 322. The van der Waals surface area contributed by atoms with Crippen molar-refractivity contribution in [3.05, 3.63) is 11.5 Å². The van der Waals surface area contributed by atoms with Crippen molar-refractivity contribution < 1.29 is 4.74 Å². The van der Waals surface area contributed by atoms with Crippen molar-refractivity contribution in [1.82, 2.24) is 9.97 Å². The minimum Gasteiger partial charge on any atom is -0.393 e. The van der Waals surface area contributed by atoms with E-state index in [1.165, 1.54) is 6.33 Å². The molecule has 0 fully saturated rings. The third-order valence-corrected chi connectivity index (χ3v) is 2.32. The highest BCUT2D eigenvalue weighted by atomic mass is 35.5. The maximum atomic E-state index is 5.75. The lowest BCUT2D eigenvalue weighted by molar-refractivity contribution is 0.141. The number of aromatic nitrogens is 2. The highest BCUT2D eigenvalue weighted by Crippen LogP contribution is 2.21. The molecule has 0 aliphatic heterocycles. The molecule has 1 heterocycles. The van der Waals surface area contributed by atoms with Gasteiger partial charge in [-0.2, -0.15) is 0 Å². The summed E-state index contributed by atoms with van der Waals surface area (Å²) in [6.07, 6.45) is 3.60. The van der Waals surface area contributed by atoms with E-state index < -0.39 is 0 Å². The fourth-order valence-corrected chi connectivity index (χ4v) is 1.24. The van der Waals surface area contributed by atoms with Gasteiger partial charge in [-0.25, -0.2) is 9.97 Å². The van der Waals surface area contributed by atoms with Crippen LogP contribution in [-0.4, -0.2) is 29.7 Å². The fourth-order valence-electron chi connectivity index (χ4n) is 1.11. The second-order valence-electron chi connectivity index (χ2n) is 3.32. The van der Waals surface area contributed by atoms with E-state index in [1.807, 2.05) is 0 Å². The van der Waals surface area contributed by atoms with Gasteiger partial charge in [0.1, 0.15) is 12.0 Å². The lowest BCUT2D eigenvalue weighted by atomic mass is 10.4. The summed E-state index contributed by atoms with van der Waals surface area (Å²) in [6.45, 7) is 4.20. The maximum Gasteiger partial charge on any atom is 0.157 e. The summed E-state index contributed by atoms with van der Waals surface area (Å²) < 4.78 is 5.39. The molecule has 0 saturated carbocycles. The second kappa shape index (κ2) is 7.24. The molecule has 90 valence electrons. The molecule has 0 bridgehead atoms. The minimum absolute atomic E-state index is 0.268. The van der Waals surface area contributed by atoms with E-state index >= 15 is 0 Å². The topological polar surface area (TPSA) is 73.1 Å². The average molecular weight is 245 g/mol. The highest BCUT2D eigenvalue weighted by molar-refractivity contribution is 6.32. The van der Waals surface area contributed by atoms with Crippen LogP contribution < -0.4 is 11.1 Å². The number of halogens is 1. The molecule has 0 radical (unpaired) electrons. The Labute approximate surface area is 100 Å². The van der Waals surface area contributed by atoms with Crippen LogP contribution in [0.1, 0.15) is 19.8 Å². The van der Waals surface area contributed by atoms with Crippen LogP contribution in [0.2, 0.25) is 5.15 Å². The lowest BCUT2D eigenvalue weighted by Crippen LogP contribution is -2.12. The molecule has 6 heteroatoms. The molecule has 0 aliphatic rings. The van der Waals surface area contributed by atoms with E-state index in [2.05, 4.69) is 22.2 Å². The van der Waals surface area contributed by atoms with E-state index in [-0.39, 0.29) is 5.15 Å². The second-order valence-corrected chi connectivity index (χ2v) is 3.68. The van der Waals surface area contributed by atoms with E-state index in [9.17, 15) is 0 Å². The molecule has 0 atom stereocenters. The Morgan fingerprint density at radius 2 is 2.25 bits per heavy atom. The number of nitrogen functional groups attached to an aromatic ring is 1. The summed E-state index contributed by atoms with van der Waals surface area (Å²) in [5.41, 5.74) is 6.06. The van der Waals surface area contributed by atoms with Crippen molar-refractivity contribution >= 4 is 23.1 Å². The van der Waals surface area contributed by atoms with Gasteiger partial charge < -0.3 is 15.8 Å². The van der Waals surface area contributed by atoms with Crippen LogP contribution in [0.5, 0.6) is 0 Å². The van der Waals surface area contributed by atoms with Crippen LogP contribution in [0.3, 0.4) is 0 Å². The summed E-state index contributed by atoms with van der Waals surface area (Å²) in [7, 11) is 0. The van der Waals surface area contributed by atoms with E-state index in [4.69, 9.17) is 22.1 Å². The van der Waals surface area contributed by atoms with Gasteiger partial charge in [-0.1, -0.05) is 24.9 Å².